The molecule has 1 aromatic carbocycles. The first-order valence-electron chi connectivity index (χ1n) is 10.9. The Hall–Kier alpha value is -3.36. The molecule has 1 fully saturated rings. The lowest BCUT2D eigenvalue weighted by Crippen LogP contribution is -2.43. The van der Waals surface area contributed by atoms with E-state index >= 15 is 0 Å². The van der Waals surface area contributed by atoms with Crippen molar-refractivity contribution < 1.29 is 19.1 Å². The first-order chi connectivity index (χ1) is 15.5. The SMILES string of the molecule is COc1ccc(OCC(=O)N2CCCC[C@@H]2c2nc3c(c(=O)[nH]2)CCN(C(C)=O)C3)cc1. The fraction of sp³-hybridized carbons (Fsp3) is 0.478. The summed E-state index contributed by atoms with van der Waals surface area (Å²) in [6.07, 6.45) is 3.03. The van der Waals surface area contributed by atoms with Crippen LogP contribution in [0.25, 0.3) is 0 Å². The summed E-state index contributed by atoms with van der Waals surface area (Å²) < 4.78 is 10.8. The van der Waals surface area contributed by atoms with Crippen LogP contribution in [-0.2, 0) is 22.6 Å². The number of hydrogen-bond acceptors (Lipinski definition) is 6. The van der Waals surface area contributed by atoms with Gasteiger partial charge in [-0.3, -0.25) is 14.4 Å². The first-order valence-corrected chi connectivity index (χ1v) is 10.9. The molecular formula is C23H28N4O5. The minimum atomic E-state index is -0.318. The van der Waals surface area contributed by atoms with Crippen LogP contribution in [0.1, 0.15) is 49.3 Å². The minimum absolute atomic E-state index is 0.0376. The summed E-state index contributed by atoms with van der Waals surface area (Å²) in [7, 11) is 1.59. The molecule has 3 heterocycles. The number of nitrogens with one attached hydrogen (secondary N) is 1. The highest BCUT2D eigenvalue weighted by Gasteiger charge is 2.32. The Morgan fingerprint density at radius 1 is 1.16 bits per heavy atom. The third kappa shape index (κ3) is 4.61. The van der Waals surface area contributed by atoms with Crippen LogP contribution in [0.5, 0.6) is 11.5 Å². The molecule has 9 heteroatoms. The van der Waals surface area contributed by atoms with E-state index in [4.69, 9.17) is 14.5 Å². The van der Waals surface area contributed by atoms with Crippen molar-refractivity contribution in [3.05, 3.63) is 51.7 Å². The number of aromatic nitrogens is 2. The molecule has 1 atom stereocenters. The zero-order chi connectivity index (χ0) is 22.7. The maximum absolute atomic E-state index is 13.0. The third-order valence-corrected chi connectivity index (χ3v) is 6.10. The van der Waals surface area contributed by atoms with Gasteiger partial charge in [0.25, 0.3) is 11.5 Å². The molecule has 1 aromatic heterocycles. The summed E-state index contributed by atoms with van der Waals surface area (Å²) in [6.45, 7) is 2.83. The number of ether oxygens (including phenoxy) is 2. The number of methoxy groups -OCH3 is 1. The molecular weight excluding hydrogens is 412 g/mol. The number of H-pyrrole nitrogens is 1. The minimum Gasteiger partial charge on any atom is -0.497 e. The fourth-order valence-corrected chi connectivity index (χ4v) is 4.30. The highest BCUT2D eigenvalue weighted by molar-refractivity contribution is 5.78. The van der Waals surface area contributed by atoms with Gasteiger partial charge in [0.2, 0.25) is 5.91 Å². The van der Waals surface area contributed by atoms with E-state index in [-0.39, 0.29) is 30.0 Å². The van der Waals surface area contributed by atoms with Crippen LogP contribution in [0.4, 0.5) is 0 Å². The van der Waals surface area contributed by atoms with E-state index in [1.165, 1.54) is 6.92 Å². The number of aromatic amines is 1. The van der Waals surface area contributed by atoms with E-state index in [1.54, 1.807) is 41.2 Å². The number of carbonyl (C=O) groups excluding carboxylic acids is 2. The van der Waals surface area contributed by atoms with Crippen LogP contribution >= 0.6 is 0 Å². The number of nitrogens with zero attached hydrogens (tertiary/aromatic N) is 3. The largest absolute Gasteiger partial charge is 0.497 e. The average Bonchev–Trinajstić information content (AvgIpc) is 2.82. The maximum Gasteiger partial charge on any atom is 0.261 e. The van der Waals surface area contributed by atoms with Gasteiger partial charge in [-0.15, -0.1) is 0 Å². The zero-order valence-electron chi connectivity index (χ0n) is 18.4. The summed E-state index contributed by atoms with van der Waals surface area (Å²) in [6, 6.07) is 6.73. The number of hydrogen-bond donors (Lipinski definition) is 1. The highest BCUT2D eigenvalue weighted by atomic mass is 16.5. The topological polar surface area (TPSA) is 105 Å². The quantitative estimate of drug-likeness (QED) is 0.760. The molecule has 4 rings (SSSR count). The zero-order valence-corrected chi connectivity index (χ0v) is 18.4. The summed E-state index contributed by atoms with van der Waals surface area (Å²) in [4.78, 5) is 48.5. The lowest BCUT2D eigenvalue weighted by Gasteiger charge is -2.35. The molecule has 9 nitrogen and oxygen atoms in total. The lowest BCUT2D eigenvalue weighted by molar-refractivity contribution is -0.137. The smallest absolute Gasteiger partial charge is 0.261 e. The molecule has 0 unspecified atom stereocenters. The van der Waals surface area contributed by atoms with Crippen molar-refractivity contribution in [2.24, 2.45) is 0 Å². The second-order valence-corrected chi connectivity index (χ2v) is 8.13. The Morgan fingerprint density at radius 3 is 2.62 bits per heavy atom. The predicted octanol–water partition coefficient (Wildman–Crippen LogP) is 1.82. The van der Waals surface area contributed by atoms with Crippen LogP contribution in [-0.4, -0.2) is 58.4 Å². The van der Waals surface area contributed by atoms with Crippen molar-refractivity contribution in [1.82, 2.24) is 19.8 Å². The van der Waals surface area contributed by atoms with Crippen LogP contribution < -0.4 is 15.0 Å². The van der Waals surface area contributed by atoms with Gasteiger partial charge in [-0.05, 0) is 49.9 Å². The van der Waals surface area contributed by atoms with Gasteiger partial charge in [0.15, 0.2) is 6.61 Å². The van der Waals surface area contributed by atoms with Crippen molar-refractivity contribution in [2.75, 3.05) is 26.8 Å². The molecule has 0 aliphatic carbocycles. The standard InChI is InChI=1S/C23H28N4O5/c1-15(28)26-12-10-18-19(13-26)24-22(25-23(18)30)20-5-3-4-11-27(20)21(29)14-32-17-8-6-16(31-2)7-9-17/h6-9,20H,3-5,10-14H2,1-2H3,(H,24,25,30)/t20-/m1/s1. The number of likely N-dealkylation sites (tertiary alicyclic amines) is 1. The number of rotatable bonds is 5. The Balaban J connectivity index is 1.51. The Labute approximate surface area is 186 Å². The molecule has 1 saturated heterocycles. The van der Waals surface area contributed by atoms with E-state index in [0.29, 0.717) is 61.1 Å². The van der Waals surface area contributed by atoms with Crippen LogP contribution in [0.2, 0.25) is 0 Å². The molecule has 1 N–H and O–H groups in total. The molecule has 0 radical (unpaired) electrons. The summed E-state index contributed by atoms with van der Waals surface area (Å²) in [5.74, 6) is 1.58. The van der Waals surface area contributed by atoms with Gasteiger partial charge in [-0.2, -0.15) is 0 Å². The summed E-state index contributed by atoms with van der Waals surface area (Å²) in [5, 5.41) is 0. The van der Waals surface area contributed by atoms with Crippen molar-refractivity contribution >= 4 is 11.8 Å². The number of carbonyl (C=O) groups is 2. The number of fused-ring (bicyclic) bond motifs is 1. The first kappa shape index (κ1) is 21.9. The summed E-state index contributed by atoms with van der Waals surface area (Å²) >= 11 is 0. The van der Waals surface area contributed by atoms with E-state index in [0.717, 1.165) is 12.8 Å². The van der Waals surface area contributed by atoms with Crippen molar-refractivity contribution in [2.45, 2.75) is 45.2 Å². The molecule has 170 valence electrons. The highest BCUT2D eigenvalue weighted by Crippen LogP contribution is 2.29. The van der Waals surface area contributed by atoms with Gasteiger partial charge in [-0.25, -0.2) is 4.98 Å². The van der Waals surface area contributed by atoms with Crippen molar-refractivity contribution in [3.63, 3.8) is 0 Å². The normalized spacial score (nSPS) is 18.1. The number of benzene rings is 1. The molecule has 2 aliphatic rings. The predicted molar refractivity (Wildman–Crippen MR) is 116 cm³/mol. The Kier molecular flexibility index (Phi) is 6.43. The molecule has 32 heavy (non-hydrogen) atoms. The average molecular weight is 441 g/mol. The van der Waals surface area contributed by atoms with Gasteiger partial charge in [0.05, 0.1) is 25.4 Å². The van der Waals surface area contributed by atoms with Gasteiger partial charge in [-0.1, -0.05) is 0 Å². The van der Waals surface area contributed by atoms with Crippen molar-refractivity contribution in [1.29, 1.82) is 0 Å². The molecule has 2 aromatic rings. The molecule has 2 aliphatic heterocycles. The number of amides is 2. The maximum atomic E-state index is 13.0. The van der Waals surface area contributed by atoms with Gasteiger partial charge >= 0.3 is 0 Å². The second-order valence-electron chi connectivity index (χ2n) is 8.13. The van der Waals surface area contributed by atoms with Crippen molar-refractivity contribution in [3.8, 4) is 11.5 Å². The van der Waals surface area contributed by atoms with Crippen LogP contribution in [0.15, 0.2) is 29.1 Å². The fourth-order valence-electron chi connectivity index (χ4n) is 4.30. The molecule has 0 spiro atoms. The monoisotopic (exact) mass is 440 g/mol. The molecule has 0 saturated carbocycles. The van der Waals surface area contributed by atoms with Gasteiger partial charge < -0.3 is 24.3 Å². The van der Waals surface area contributed by atoms with Gasteiger partial charge in [0, 0.05) is 25.6 Å². The Morgan fingerprint density at radius 2 is 1.91 bits per heavy atom. The second kappa shape index (κ2) is 9.42. The Bertz CT molecular complexity index is 1050. The van der Waals surface area contributed by atoms with E-state index in [2.05, 4.69) is 4.98 Å². The third-order valence-electron chi connectivity index (χ3n) is 6.10. The number of piperidine rings is 1. The van der Waals surface area contributed by atoms with E-state index in [1.807, 2.05) is 0 Å². The van der Waals surface area contributed by atoms with Crippen LogP contribution in [0, 0.1) is 0 Å². The molecule has 0 bridgehead atoms. The summed E-state index contributed by atoms with van der Waals surface area (Å²) in [5.41, 5.74) is 1.07. The van der Waals surface area contributed by atoms with Gasteiger partial charge in [0.1, 0.15) is 17.3 Å². The lowest BCUT2D eigenvalue weighted by atomic mass is 10.00. The van der Waals surface area contributed by atoms with E-state index < -0.39 is 0 Å². The van der Waals surface area contributed by atoms with E-state index in [9.17, 15) is 14.4 Å². The van der Waals surface area contributed by atoms with Crippen LogP contribution in [0.3, 0.4) is 0 Å². The molecule has 2 amide bonds.